The second-order valence-electron chi connectivity index (χ2n) is 6.42. The van der Waals surface area contributed by atoms with E-state index in [1.807, 2.05) is 0 Å². The van der Waals surface area contributed by atoms with Crippen LogP contribution in [0, 0.1) is 19.8 Å². The van der Waals surface area contributed by atoms with Gasteiger partial charge in [0.25, 0.3) is 5.91 Å². The fourth-order valence-electron chi connectivity index (χ4n) is 2.88. The third-order valence-electron chi connectivity index (χ3n) is 4.41. The lowest BCUT2D eigenvalue weighted by Gasteiger charge is -2.27. The van der Waals surface area contributed by atoms with Crippen LogP contribution in [-0.4, -0.2) is 41.0 Å². The fraction of sp³-hybridized carbons (Fsp3) is 0.350. The van der Waals surface area contributed by atoms with Crippen LogP contribution in [0.25, 0.3) is 0 Å². The van der Waals surface area contributed by atoms with Gasteiger partial charge in [0.2, 0.25) is 0 Å². The molecule has 6 nitrogen and oxygen atoms in total. The third kappa shape index (κ3) is 3.88. The van der Waals surface area contributed by atoms with E-state index in [0.717, 1.165) is 0 Å². The number of aliphatic hydroxyl groups excluding tert-OH is 2. The number of carbonyl (C=O) groups is 1. The monoisotopic (exact) mass is 359 g/mol. The van der Waals surface area contributed by atoms with E-state index in [2.05, 4.69) is 0 Å². The Labute approximate surface area is 152 Å². The number of aryl methyl sites for hydroxylation is 2. The largest absolute Gasteiger partial charge is 0.493 e. The molecular weight excluding hydrogens is 334 g/mol. The SMILES string of the molecule is Cc1cc(C(O)(C(N)=O)c2ccccc2)cc(C)c1OCC(CO)CO. The summed E-state index contributed by atoms with van der Waals surface area (Å²) in [4.78, 5) is 12.1. The van der Waals surface area contributed by atoms with Crippen LogP contribution < -0.4 is 10.5 Å². The topological polar surface area (TPSA) is 113 Å². The van der Waals surface area contributed by atoms with Gasteiger partial charge in [0.15, 0.2) is 5.60 Å². The summed E-state index contributed by atoms with van der Waals surface area (Å²) < 4.78 is 5.73. The molecule has 5 N–H and O–H groups in total. The summed E-state index contributed by atoms with van der Waals surface area (Å²) in [6.07, 6.45) is 0. The lowest BCUT2D eigenvalue weighted by atomic mass is 9.84. The van der Waals surface area contributed by atoms with Crippen molar-refractivity contribution in [2.75, 3.05) is 19.8 Å². The number of benzene rings is 2. The molecule has 0 aromatic heterocycles. The Morgan fingerprint density at radius 1 is 1.08 bits per heavy atom. The lowest BCUT2D eigenvalue weighted by molar-refractivity contribution is -0.133. The van der Waals surface area contributed by atoms with Gasteiger partial charge in [-0.3, -0.25) is 4.79 Å². The lowest BCUT2D eigenvalue weighted by Crippen LogP contribution is -2.42. The van der Waals surface area contributed by atoms with E-state index in [1.54, 1.807) is 56.3 Å². The molecule has 6 heteroatoms. The minimum absolute atomic E-state index is 0.160. The average Bonchev–Trinajstić information content (AvgIpc) is 2.63. The maximum absolute atomic E-state index is 12.1. The van der Waals surface area contributed by atoms with Gasteiger partial charge in [-0.05, 0) is 48.2 Å². The van der Waals surface area contributed by atoms with Crippen molar-refractivity contribution in [1.29, 1.82) is 0 Å². The van der Waals surface area contributed by atoms with Crippen LogP contribution in [0.2, 0.25) is 0 Å². The molecule has 2 aromatic rings. The van der Waals surface area contributed by atoms with Crippen LogP contribution >= 0.6 is 0 Å². The van der Waals surface area contributed by atoms with Crippen molar-refractivity contribution in [3.8, 4) is 5.75 Å². The number of hydrogen-bond acceptors (Lipinski definition) is 5. The van der Waals surface area contributed by atoms with Crippen LogP contribution in [0.4, 0.5) is 0 Å². The van der Waals surface area contributed by atoms with E-state index < -0.39 is 11.5 Å². The van der Waals surface area contributed by atoms with Gasteiger partial charge in [-0.2, -0.15) is 0 Å². The highest BCUT2D eigenvalue weighted by Crippen LogP contribution is 2.34. The van der Waals surface area contributed by atoms with Crippen molar-refractivity contribution in [2.45, 2.75) is 19.4 Å². The molecule has 2 rings (SSSR count). The Morgan fingerprint density at radius 3 is 2.08 bits per heavy atom. The number of aliphatic hydroxyl groups is 3. The Morgan fingerprint density at radius 2 is 1.62 bits per heavy atom. The number of carbonyl (C=O) groups excluding carboxylic acids is 1. The highest BCUT2D eigenvalue weighted by molar-refractivity contribution is 5.88. The first-order valence-electron chi connectivity index (χ1n) is 8.38. The Hall–Kier alpha value is -2.41. The molecule has 0 saturated carbocycles. The third-order valence-corrected chi connectivity index (χ3v) is 4.41. The molecule has 0 saturated heterocycles. The number of nitrogens with two attached hydrogens (primary N) is 1. The molecule has 0 fully saturated rings. The number of ether oxygens (including phenoxy) is 1. The zero-order valence-electron chi connectivity index (χ0n) is 15.0. The molecule has 140 valence electrons. The molecule has 1 atom stereocenters. The van der Waals surface area contributed by atoms with Crippen molar-refractivity contribution >= 4 is 5.91 Å². The molecule has 0 heterocycles. The maximum atomic E-state index is 12.1. The number of hydrogen-bond donors (Lipinski definition) is 4. The summed E-state index contributed by atoms with van der Waals surface area (Å²) in [7, 11) is 0. The van der Waals surface area contributed by atoms with Crippen molar-refractivity contribution in [3.05, 3.63) is 64.7 Å². The Balaban J connectivity index is 2.43. The Bertz CT molecular complexity index is 735. The van der Waals surface area contributed by atoms with Crippen molar-refractivity contribution < 1.29 is 24.9 Å². The zero-order valence-corrected chi connectivity index (χ0v) is 15.0. The van der Waals surface area contributed by atoms with Gasteiger partial charge >= 0.3 is 0 Å². The highest BCUT2D eigenvalue weighted by atomic mass is 16.5. The van der Waals surface area contributed by atoms with E-state index in [1.165, 1.54) is 0 Å². The molecule has 0 spiro atoms. The normalized spacial score (nSPS) is 13.5. The first-order chi connectivity index (χ1) is 12.3. The molecule has 2 aromatic carbocycles. The predicted octanol–water partition coefficient (Wildman–Crippen LogP) is 1.00. The summed E-state index contributed by atoms with van der Waals surface area (Å²) in [5, 5.41) is 29.4. The molecule has 1 amide bonds. The average molecular weight is 359 g/mol. The highest BCUT2D eigenvalue weighted by Gasteiger charge is 2.38. The first kappa shape index (κ1) is 19.9. The number of amides is 1. The fourth-order valence-corrected chi connectivity index (χ4v) is 2.88. The van der Waals surface area contributed by atoms with Gasteiger partial charge in [0.1, 0.15) is 5.75 Å². The van der Waals surface area contributed by atoms with E-state index in [4.69, 9.17) is 20.7 Å². The molecule has 0 bridgehead atoms. The van der Waals surface area contributed by atoms with E-state index >= 15 is 0 Å². The van der Waals surface area contributed by atoms with Crippen LogP contribution in [0.1, 0.15) is 22.3 Å². The molecule has 0 aliphatic rings. The van der Waals surface area contributed by atoms with Crippen molar-refractivity contribution in [2.24, 2.45) is 11.7 Å². The van der Waals surface area contributed by atoms with Crippen LogP contribution in [0.3, 0.4) is 0 Å². The minimum Gasteiger partial charge on any atom is -0.493 e. The smallest absolute Gasteiger partial charge is 0.258 e. The molecular formula is C20H25NO5. The van der Waals surface area contributed by atoms with Gasteiger partial charge < -0.3 is 25.8 Å². The van der Waals surface area contributed by atoms with Gasteiger partial charge in [0, 0.05) is 5.92 Å². The quantitative estimate of drug-likeness (QED) is 0.562. The minimum atomic E-state index is -1.95. The second kappa shape index (κ2) is 8.31. The molecule has 0 aliphatic carbocycles. The number of rotatable bonds is 8. The van der Waals surface area contributed by atoms with Crippen molar-refractivity contribution in [3.63, 3.8) is 0 Å². The van der Waals surface area contributed by atoms with E-state index in [0.29, 0.717) is 28.0 Å². The maximum Gasteiger partial charge on any atom is 0.258 e. The van der Waals surface area contributed by atoms with Gasteiger partial charge in [-0.1, -0.05) is 30.3 Å². The van der Waals surface area contributed by atoms with Crippen molar-refractivity contribution in [1.82, 2.24) is 0 Å². The summed E-state index contributed by atoms with van der Waals surface area (Å²) in [6, 6.07) is 11.9. The van der Waals surface area contributed by atoms with E-state index in [9.17, 15) is 9.90 Å². The van der Waals surface area contributed by atoms with Gasteiger partial charge in [0.05, 0.1) is 19.8 Å². The molecule has 1 unspecified atom stereocenters. The van der Waals surface area contributed by atoms with E-state index in [-0.39, 0.29) is 25.7 Å². The summed E-state index contributed by atoms with van der Waals surface area (Å²) in [5.41, 5.74) is 5.76. The Kier molecular flexibility index (Phi) is 6.37. The second-order valence-corrected chi connectivity index (χ2v) is 6.42. The predicted molar refractivity (Wildman–Crippen MR) is 97.7 cm³/mol. The summed E-state index contributed by atoms with van der Waals surface area (Å²) in [5.74, 6) is -0.655. The van der Waals surface area contributed by atoms with Crippen LogP contribution in [0.15, 0.2) is 42.5 Å². The summed E-state index contributed by atoms with van der Waals surface area (Å²) in [6.45, 7) is 3.40. The molecule has 26 heavy (non-hydrogen) atoms. The summed E-state index contributed by atoms with van der Waals surface area (Å²) >= 11 is 0. The van der Waals surface area contributed by atoms with Gasteiger partial charge in [-0.15, -0.1) is 0 Å². The van der Waals surface area contributed by atoms with Gasteiger partial charge in [-0.25, -0.2) is 0 Å². The first-order valence-corrected chi connectivity index (χ1v) is 8.38. The molecule has 0 aliphatic heterocycles. The standard InChI is InChI=1S/C20H25NO5/c1-13-8-17(9-14(2)18(13)26-12-15(10-22)11-23)20(25,19(21)24)16-6-4-3-5-7-16/h3-9,15,22-23,25H,10-12H2,1-2H3,(H2,21,24). The number of primary amides is 1. The zero-order chi connectivity index (χ0) is 19.3. The van der Waals surface area contributed by atoms with Crippen LogP contribution in [0.5, 0.6) is 5.75 Å². The van der Waals surface area contributed by atoms with Crippen LogP contribution in [-0.2, 0) is 10.4 Å². The molecule has 0 radical (unpaired) electrons.